The standard InChI is InChI=1S/C34H32N4O3S2/c39-43(40,38-20-18-27(19-21-38)22-26-8-3-1-4-9-26)32-16-14-29(15-17-32)33-25-42-34(36-33)37-35-24-28-10-7-13-31(23-28)41-30-11-5-2-6-12-30/h1-17,23-25,27H,18-22H2,(H,36,37)/b35-24+. The molecule has 0 amide bonds. The average molecular weight is 609 g/mol. The van der Waals surface area contributed by atoms with E-state index < -0.39 is 10.0 Å². The molecule has 2 heterocycles. The van der Waals surface area contributed by atoms with Crippen LogP contribution >= 0.6 is 11.3 Å². The Morgan fingerprint density at radius 1 is 0.884 bits per heavy atom. The molecule has 1 aromatic heterocycles. The minimum Gasteiger partial charge on any atom is -0.457 e. The van der Waals surface area contributed by atoms with Crippen LogP contribution in [0.4, 0.5) is 5.13 Å². The molecule has 0 spiro atoms. The van der Waals surface area contributed by atoms with E-state index in [1.165, 1.54) is 16.9 Å². The van der Waals surface area contributed by atoms with E-state index in [2.05, 4.69) is 39.8 Å². The fourth-order valence-electron chi connectivity index (χ4n) is 5.15. The molecule has 0 radical (unpaired) electrons. The lowest BCUT2D eigenvalue weighted by atomic mass is 9.91. The van der Waals surface area contributed by atoms with E-state index in [0.717, 1.165) is 47.6 Å². The number of piperidine rings is 1. The van der Waals surface area contributed by atoms with Crippen molar-refractivity contribution in [2.45, 2.75) is 24.2 Å². The van der Waals surface area contributed by atoms with Gasteiger partial charge in [0, 0.05) is 24.0 Å². The summed E-state index contributed by atoms with van der Waals surface area (Å²) in [5.41, 5.74) is 6.78. The van der Waals surface area contributed by atoms with E-state index in [9.17, 15) is 8.42 Å². The summed E-state index contributed by atoms with van der Waals surface area (Å²) in [4.78, 5) is 4.93. The quantitative estimate of drug-likeness (QED) is 0.130. The summed E-state index contributed by atoms with van der Waals surface area (Å²) in [7, 11) is -3.54. The number of thiazole rings is 1. The maximum absolute atomic E-state index is 13.3. The molecule has 0 saturated carbocycles. The Morgan fingerprint density at radius 2 is 1.58 bits per heavy atom. The maximum Gasteiger partial charge on any atom is 0.243 e. The number of sulfonamides is 1. The lowest BCUT2D eigenvalue weighted by molar-refractivity contribution is 0.273. The monoisotopic (exact) mass is 608 g/mol. The van der Waals surface area contributed by atoms with Gasteiger partial charge in [-0.15, -0.1) is 11.3 Å². The first kappa shape index (κ1) is 28.8. The topological polar surface area (TPSA) is 83.9 Å². The molecule has 4 aromatic carbocycles. The largest absolute Gasteiger partial charge is 0.457 e. The van der Waals surface area contributed by atoms with E-state index in [0.29, 0.717) is 29.0 Å². The predicted molar refractivity (Wildman–Crippen MR) is 173 cm³/mol. The van der Waals surface area contributed by atoms with Crippen LogP contribution < -0.4 is 10.2 Å². The molecule has 7 nitrogen and oxygen atoms in total. The van der Waals surface area contributed by atoms with Crippen molar-refractivity contribution < 1.29 is 13.2 Å². The van der Waals surface area contributed by atoms with Gasteiger partial charge < -0.3 is 4.74 Å². The molecule has 5 aromatic rings. The number of rotatable bonds is 10. The van der Waals surface area contributed by atoms with Gasteiger partial charge in [0.25, 0.3) is 0 Å². The molecule has 0 bridgehead atoms. The minimum atomic E-state index is -3.54. The fraction of sp³-hybridized carbons (Fsp3) is 0.176. The molecule has 218 valence electrons. The fourth-order valence-corrected chi connectivity index (χ4v) is 7.29. The zero-order chi connectivity index (χ0) is 29.5. The zero-order valence-corrected chi connectivity index (χ0v) is 25.2. The van der Waals surface area contributed by atoms with Crippen molar-refractivity contribution in [1.29, 1.82) is 0 Å². The minimum absolute atomic E-state index is 0.314. The van der Waals surface area contributed by atoms with E-state index in [4.69, 9.17) is 4.74 Å². The third-order valence-corrected chi connectivity index (χ3v) is 10.1. The van der Waals surface area contributed by atoms with Crippen LogP contribution in [0.25, 0.3) is 11.3 Å². The molecular weight excluding hydrogens is 577 g/mol. The number of benzene rings is 4. The van der Waals surface area contributed by atoms with Crippen molar-refractivity contribution in [2.75, 3.05) is 18.5 Å². The molecule has 1 aliphatic rings. The van der Waals surface area contributed by atoms with Gasteiger partial charge in [0.05, 0.1) is 16.8 Å². The van der Waals surface area contributed by atoms with Gasteiger partial charge in [0.2, 0.25) is 15.2 Å². The lowest BCUT2D eigenvalue weighted by Crippen LogP contribution is -2.38. The molecule has 1 saturated heterocycles. The Hall–Kier alpha value is -4.31. The van der Waals surface area contributed by atoms with Crippen molar-refractivity contribution in [2.24, 2.45) is 11.0 Å². The molecular formula is C34H32N4O3S2. The third kappa shape index (κ3) is 7.37. The van der Waals surface area contributed by atoms with Gasteiger partial charge in [0.1, 0.15) is 11.5 Å². The van der Waals surface area contributed by atoms with Gasteiger partial charge in [-0.25, -0.2) is 13.4 Å². The number of anilines is 1. The van der Waals surface area contributed by atoms with Gasteiger partial charge in [-0.3, -0.25) is 5.43 Å². The van der Waals surface area contributed by atoms with Crippen LogP contribution in [0.3, 0.4) is 0 Å². The van der Waals surface area contributed by atoms with Gasteiger partial charge in [-0.05, 0) is 72.7 Å². The normalized spacial score (nSPS) is 14.6. The highest BCUT2D eigenvalue weighted by molar-refractivity contribution is 7.89. The van der Waals surface area contributed by atoms with Crippen molar-refractivity contribution >= 4 is 32.7 Å². The van der Waals surface area contributed by atoms with Crippen LogP contribution in [-0.4, -0.2) is 37.0 Å². The lowest BCUT2D eigenvalue weighted by Gasteiger charge is -2.31. The van der Waals surface area contributed by atoms with E-state index in [1.54, 1.807) is 22.7 Å². The summed E-state index contributed by atoms with van der Waals surface area (Å²) in [5, 5.41) is 6.89. The molecule has 1 aliphatic heterocycles. The van der Waals surface area contributed by atoms with Crippen LogP contribution in [0.2, 0.25) is 0 Å². The van der Waals surface area contributed by atoms with Crippen molar-refractivity contribution in [3.63, 3.8) is 0 Å². The van der Waals surface area contributed by atoms with Crippen LogP contribution in [0.5, 0.6) is 11.5 Å². The number of hydrazone groups is 1. The molecule has 0 aliphatic carbocycles. The molecule has 1 fully saturated rings. The number of ether oxygens (including phenoxy) is 1. The first-order valence-electron chi connectivity index (χ1n) is 14.2. The summed E-state index contributed by atoms with van der Waals surface area (Å²) >= 11 is 1.43. The Bertz CT molecular complexity index is 1770. The average Bonchev–Trinajstić information content (AvgIpc) is 3.52. The summed E-state index contributed by atoms with van der Waals surface area (Å²) in [6.45, 7) is 1.10. The summed E-state index contributed by atoms with van der Waals surface area (Å²) in [6.07, 6.45) is 4.45. The van der Waals surface area contributed by atoms with Crippen molar-refractivity contribution in [1.82, 2.24) is 9.29 Å². The van der Waals surface area contributed by atoms with Gasteiger partial charge in [-0.1, -0.05) is 72.8 Å². The Kier molecular flexibility index (Phi) is 8.93. The highest BCUT2D eigenvalue weighted by Crippen LogP contribution is 2.29. The number of hydrogen-bond donors (Lipinski definition) is 1. The predicted octanol–water partition coefficient (Wildman–Crippen LogP) is 7.69. The zero-order valence-electron chi connectivity index (χ0n) is 23.5. The second-order valence-electron chi connectivity index (χ2n) is 10.5. The van der Waals surface area contributed by atoms with Crippen molar-refractivity contribution in [3.8, 4) is 22.8 Å². The second kappa shape index (κ2) is 13.3. The summed E-state index contributed by atoms with van der Waals surface area (Å²) in [5.74, 6) is 2.01. The molecule has 9 heteroatoms. The molecule has 0 atom stereocenters. The summed E-state index contributed by atoms with van der Waals surface area (Å²) in [6, 6.07) is 34.7. The van der Waals surface area contributed by atoms with E-state index >= 15 is 0 Å². The van der Waals surface area contributed by atoms with Gasteiger partial charge in [0.15, 0.2) is 0 Å². The molecule has 0 unspecified atom stereocenters. The van der Waals surface area contributed by atoms with Crippen LogP contribution in [0, 0.1) is 5.92 Å². The first-order chi connectivity index (χ1) is 21.0. The van der Waals surface area contributed by atoms with E-state index in [-0.39, 0.29) is 0 Å². The van der Waals surface area contributed by atoms with Crippen LogP contribution in [-0.2, 0) is 16.4 Å². The molecule has 6 rings (SSSR count). The van der Waals surface area contributed by atoms with E-state index in [1.807, 2.05) is 78.2 Å². The first-order valence-corrected chi connectivity index (χ1v) is 16.6. The molecule has 43 heavy (non-hydrogen) atoms. The summed E-state index contributed by atoms with van der Waals surface area (Å²) < 4.78 is 34.2. The van der Waals surface area contributed by atoms with Crippen LogP contribution in [0.1, 0.15) is 24.0 Å². The second-order valence-corrected chi connectivity index (χ2v) is 13.3. The van der Waals surface area contributed by atoms with Crippen molar-refractivity contribution in [3.05, 3.63) is 126 Å². The van der Waals surface area contributed by atoms with Gasteiger partial charge in [-0.2, -0.15) is 9.41 Å². The number of nitrogens with one attached hydrogen (secondary N) is 1. The number of nitrogens with zero attached hydrogens (tertiary/aromatic N) is 3. The highest BCUT2D eigenvalue weighted by atomic mass is 32.2. The Morgan fingerprint density at radius 3 is 2.33 bits per heavy atom. The molecule has 1 N–H and O–H groups in total. The smallest absolute Gasteiger partial charge is 0.243 e. The number of para-hydroxylation sites is 1. The maximum atomic E-state index is 13.3. The number of aromatic nitrogens is 1. The van der Waals surface area contributed by atoms with Gasteiger partial charge >= 0.3 is 0 Å². The number of hydrogen-bond acceptors (Lipinski definition) is 7. The highest BCUT2D eigenvalue weighted by Gasteiger charge is 2.29. The third-order valence-electron chi connectivity index (χ3n) is 7.44. The Balaban J connectivity index is 1.03. The van der Waals surface area contributed by atoms with Crippen LogP contribution in [0.15, 0.2) is 125 Å². The SMILES string of the molecule is O=S(=O)(c1ccc(-c2csc(N/N=C/c3cccc(Oc4ccccc4)c3)n2)cc1)N1CCC(Cc2ccccc2)CC1. The Labute approximate surface area is 256 Å².